The number of hydrogen-bond acceptors (Lipinski definition) is 2. The molecule has 0 heterocycles. The van der Waals surface area contributed by atoms with Crippen LogP contribution in [0.3, 0.4) is 0 Å². The fourth-order valence-electron chi connectivity index (χ4n) is 1.84. The second-order valence-electron chi connectivity index (χ2n) is 4.18. The monoisotopic (exact) mass is 264 g/mol. The summed E-state index contributed by atoms with van der Waals surface area (Å²) in [5, 5.41) is 13.9. The predicted molar refractivity (Wildman–Crippen MR) is 74.5 cm³/mol. The van der Waals surface area contributed by atoms with E-state index in [1.807, 2.05) is 32.0 Å². The fraction of sp³-hybridized carbons (Fsp3) is 0.429. The number of anilines is 1. The van der Waals surface area contributed by atoms with Crippen molar-refractivity contribution in [2.24, 2.45) is 0 Å². The largest absolute Gasteiger partial charge is 0.481 e. The molecule has 1 aromatic carbocycles. The highest BCUT2D eigenvalue weighted by atomic mass is 16.4. The van der Waals surface area contributed by atoms with Crippen LogP contribution >= 0.6 is 0 Å². The summed E-state index contributed by atoms with van der Waals surface area (Å²) >= 11 is 0. The van der Waals surface area contributed by atoms with E-state index in [0.717, 1.165) is 29.7 Å². The summed E-state index contributed by atoms with van der Waals surface area (Å²) in [6.45, 7) is 4.18. The highest BCUT2D eigenvalue weighted by molar-refractivity contribution is 5.91. The van der Waals surface area contributed by atoms with E-state index >= 15 is 0 Å². The van der Waals surface area contributed by atoms with Gasteiger partial charge in [-0.1, -0.05) is 32.0 Å². The Hall–Kier alpha value is -2.04. The molecule has 0 aromatic heterocycles. The maximum absolute atomic E-state index is 11.7. The molecule has 5 heteroatoms. The lowest BCUT2D eigenvalue weighted by molar-refractivity contribution is -0.136. The molecule has 0 atom stereocenters. The molecule has 0 aliphatic rings. The molecule has 0 spiro atoms. The summed E-state index contributed by atoms with van der Waals surface area (Å²) in [4.78, 5) is 22.1. The van der Waals surface area contributed by atoms with E-state index in [1.165, 1.54) is 0 Å². The molecule has 5 nitrogen and oxygen atoms in total. The Labute approximate surface area is 113 Å². The highest BCUT2D eigenvalue weighted by Gasteiger charge is 2.09. The number of para-hydroxylation sites is 1. The minimum Gasteiger partial charge on any atom is -0.481 e. The number of amides is 2. The molecular formula is C14H20N2O3. The van der Waals surface area contributed by atoms with Gasteiger partial charge in [-0.3, -0.25) is 4.79 Å². The van der Waals surface area contributed by atoms with Gasteiger partial charge in [0.05, 0.1) is 6.42 Å². The van der Waals surface area contributed by atoms with Gasteiger partial charge in [0.1, 0.15) is 0 Å². The van der Waals surface area contributed by atoms with E-state index in [2.05, 4.69) is 10.6 Å². The van der Waals surface area contributed by atoms with E-state index in [0.29, 0.717) is 0 Å². The minimum absolute atomic E-state index is 0.0799. The Morgan fingerprint density at radius 1 is 1.16 bits per heavy atom. The second kappa shape index (κ2) is 7.41. The smallest absolute Gasteiger partial charge is 0.319 e. The number of aryl methyl sites for hydroxylation is 2. The van der Waals surface area contributed by atoms with Crippen molar-refractivity contribution in [1.29, 1.82) is 0 Å². The zero-order valence-electron chi connectivity index (χ0n) is 11.3. The second-order valence-corrected chi connectivity index (χ2v) is 4.18. The number of carboxylic acid groups (broad SMARTS) is 1. The van der Waals surface area contributed by atoms with E-state index < -0.39 is 5.97 Å². The van der Waals surface area contributed by atoms with Crippen molar-refractivity contribution in [2.75, 3.05) is 11.9 Å². The van der Waals surface area contributed by atoms with Crippen molar-refractivity contribution < 1.29 is 14.7 Å². The van der Waals surface area contributed by atoms with Crippen molar-refractivity contribution >= 4 is 17.7 Å². The van der Waals surface area contributed by atoms with Crippen molar-refractivity contribution in [3.63, 3.8) is 0 Å². The Morgan fingerprint density at radius 3 is 2.21 bits per heavy atom. The number of nitrogens with one attached hydrogen (secondary N) is 2. The van der Waals surface area contributed by atoms with E-state index in [9.17, 15) is 9.59 Å². The number of urea groups is 1. The number of rotatable bonds is 6. The SMILES string of the molecule is CCc1cccc(CC)c1NC(=O)NCCC(=O)O. The van der Waals surface area contributed by atoms with Gasteiger partial charge in [0.2, 0.25) is 0 Å². The molecule has 19 heavy (non-hydrogen) atoms. The maximum Gasteiger partial charge on any atom is 0.319 e. The Kier molecular flexibility index (Phi) is 5.85. The van der Waals surface area contributed by atoms with Crippen molar-refractivity contribution in [2.45, 2.75) is 33.1 Å². The summed E-state index contributed by atoms with van der Waals surface area (Å²) < 4.78 is 0. The van der Waals surface area contributed by atoms with Gasteiger partial charge in [0.25, 0.3) is 0 Å². The summed E-state index contributed by atoms with van der Waals surface area (Å²) in [6.07, 6.45) is 1.58. The molecule has 0 unspecified atom stereocenters. The predicted octanol–water partition coefficient (Wildman–Crippen LogP) is 2.41. The molecule has 1 aromatic rings. The Balaban J connectivity index is 2.69. The van der Waals surface area contributed by atoms with Crippen LogP contribution < -0.4 is 10.6 Å². The van der Waals surface area contributed by atoms with Crippen LogP contribution in [0.25, 0.3) is 0 Å². The van der Waals surface area contributed by atoms with Crippen LogP contribution in [-0.2, 0) is 17.6 Å². The van der Waals surface area contributed by atoms with Gasteiger partial charge in [-0.2, -0.15) is 0 Å². The average Bonchev–Trinajstić information content (AvgIpc) is 2.38. The molecular weight excluding hydrogens is 244 g/mol. The molecule has 0 aliphatic heterocycles. The molecule has 0 fully saturated rings. The Morgan fingerprint density at radius 2 is 1.74 bits per heavy atom. The van der Waals surface area contributed by atoms with Crippen molar-refractivity contribution in [3.8, 4) is 0 Å². The van der Waals surface area contributed by atoms with Crippen molar-refractivity contribution in [3.05, 3.63) is 29.3 Å². The number of benzene rings is 1. The summed E-state index contributed by atoms with van der Waals surface area (Å²) in [7, 11) is 0. The first kappa shape index (κ1) is 15.0. The highest BCUT2D eigenvalue weighted by Crippen LogP contribution is 2.22. The first-order valence-electron chi connectivity index (χ1n) is 6.45. The summed E-state index contributed by atoms with van der Waals surface area (Å²) in [5.74, 6) is -0.927. The Bertz CT molecular complexity index is 436. The minimum atomic E-state index is -0.927. The fourth-order valence-corrected chi connectivity index (χ4v) is 1.84. The van der Waals surface area contributed by atoms with E-state index in [1.54, 1.807) is 0 Å². The van der Waals surface area contributed by atoms with Gasteiger partial charge in [-0.15, -0.1) is 0 Å². The number of carboxylic acids is 1. The number of aliphatic carboxylic acids is 1. The molecule has 1 rings (SSSR count). The molecule has 3 N–H and O–H groups in total. The van der Waals surface area contributed by atoms with Crippen molar-refractivity contribution in [1.82, 2.24) is 5.32 Å². The van der Waals surface area contributed by atoms with Gasteiger partial charge in [0, 0.05) is 12.2 Å². The van der Waals surface area contributed by atoms with Crippen LogP contribution in [0, 0.1) is 0 Å². The van der Waals surface area contributed by atoms with Gasteiger partial charge in [0.15, 0.2) is 0 Å². The lowest BCUT2D eigenvalue weighted by Crippen LogP contribution is -2.31. The van der Waals surface area contributed by atoms with Crippen LogP contribution in [-0.4, -0.2) is 23.7 Å². The van der Waals surface area contributed by atoms with Crippen LogP contribution in [0.2, 0.25) is 0 Å². The zero-order chi connectivity index (χ0) is 14.3. The number of hydrogen-bond donors (Lipinski definition) is 3. The quantitative estimate of drug-likeness (QED) is 0.738. The molecule has 0 saturated heterocycles. The normalized spacial score (nSPS) is 10.0. The van der Waals surface area contributed by atoms with Crippen LogP contribution in [0.4, 0.5) is 10.5 Å². The average molecular weight is 264 g/mol. The van der Waals surface area contributed by atoms with E-state index in [4.69, 9.17) is 5.11 Å². The maximum atomic E-state index is 11.7. The molecule has 0 bridgehead atoms. The van der Waals surface area contributed by atoms with Gasteiger partial charge in [-0.25, -0.2) is 4.79 Å². The lowest BCUT2D eigenvalue weighted by atomic mass is 10.0. The molecule has 0 aliphatic carbocycles. The number of carbonyl (C=O) groups excluding carboxylic acids is 1. The van der Waals surface area contributed by atoms with Crippen LogP contribution in [0.1, 0.15) is 31.4 Å². The number of carbonyl (C=O) groups is 2. The first-order valence-corrected chi connectivity index (χ1v) is 6.45. The third-order valence-corrected chi connectivity index (χ3v) is 2.86. The molecule has 104 valence electrons. The van der Waals surface area contributed by atoms with Gasteiger partial charge >= 0.3 is 12.0 Å². The molecule has 0 radical (unpaired) electrons. The topological polar surface area (TPSA) is 78.4 Å². The summed E-state index contributed by atoms with van der Waals surface area (Å²) in [6, 6.07) is 5.57. The van der Waals surface area contributed by atoms with Crippen LogP contribution in [0.15, 0.2) is 18.2 Å². The first-order chi connectivity index (χ1) is 9.08. The third-order valence-electron chi connectivity index (χ3n) is 2.86. The van der Waals surface area contributed by atoms with E-state index in [-0.39, 0.29) is 19.0 Å². The zero-order valence-corrected chi connectivity index (χ0v) is 11.3. The van der Waals surface area contributed by atoms with Crippen LogP contribution in [0.5, 0.6) is 0 Å². The molecule has 2 amide bonds. The summed E-state index contributed by atoms with van der Waals surface area (Å²) in [5.41, 5.74) is 2.99. The third kappa shape index (κ3) is 4.62. The standard InChI is InChI=1S/C14H20N2O3/c1-3-10-6-5-7-11(4-2)13(10)16-14(19)15-9-8-12(17)18/h5-7H,3-4,8-9H2,1-2H3,(H,17,18)(H2,15,16,19). The lowest BCUT2D eigenvalue weighted by Gasteiger charge is -2.14. The van der Waals surface area contributed by atoms with Gasteiger partial charge < -0.3 is 15.7 Å². The molecule has 0 saturated carbocycles. The van der Waals surface area contributed by atoms with Gasteiger partial charge in [-0.05, 0) is 24.0 Å².